The monoisotopic (exact) mass is 300 g/mol. The Kier molecular flexibility index (Phi) is 4.19. The summed E-state index contributed by atoms with van der Waals surface area (Å²) in [6, 6.07) is 1.45. The third kappa shape index (κ3) is 2.88. The van der Waals surface area contributed by atoms with E-state index in [1.54, 1.807) is 4.90 Å². The van der Waals surface area contributed by atoms with Gasteiger partial charge < -0.3 is 9.32 Å². The molecule has 0 atom stereocenters. The summed E-state index contributed by atoms with van der Waals surface area (Å²) in [5.74, 6) is -0.0731. The highest BCUT2D eigenvalue weighted by molar-refractivity contribution is 7.89. The molecule has 0 aliphatic heterocycles. The highest BCUT2D eigenvalue weighted by Crippen LogP contribution is 2.26. The first-order chi connectivity index (χ1) is 9.34. The van der Waals surface area contributed by atoms with Gasteiger partial charge in [0, 0.05) is 18.7 Å². The predicted molar refractivity (Wildman–Crippen MR) is 73.8 cm³/mol. The largest absolute Gasteiger partial charge is 0.455 e. The summed E-state index contributed by atoms with van der Waals surface area (Å²) in [7, 11) is -3.86. The van der Waals surface area contributed by atoms with E-state index >= 15 is 0 Å². The smallest absolute Gasteiger partial charge is 0.289 e. The third-order valence-corrected chi connectivity index (χ3v) is 4.77. The number of hydrogen-bond donors (Lipinski definition) is 1. The number of carbonyl (C=O) groups excluding carboxylic acids is 1. The molecule has 1 saturated carbocycles. The number of carbonyl (C=O) groups is 1. The molecule has 1 aromatic heterocycles. The quantitative estimate of drug-likeness (QED) is 0.914. The molecule has 6 nitrogen and oxygen atoms in total. The zero-order valence-corrected chi connectivity index (χ0v) is 12.6. The van der Waals surface area contributed by atoms with Crippen molar-refractivity contribution in [1.29, 1.82) is 0 Å². The molecule has 0 bridgehead atoms. The molecule has 1 aliphatic carbocycles. The average molecular weight is 300 g/mol. The fourth-order valence-corrected chi connectivity index (χ4v) is 3.49. The van der Waals surface area contributed by atoms with Crippen molar-refractivity contribution in [3.05, 3.63) is 17.6 Å². The minimum atomic E-state index is -3.86. The van der Waals surface area contributed by atoms with E-state index in [9.17, 15) is 13.2 Å². The Morgan fingerprint density at radius 3 is 2.50 bits per heavy atom. The third-order valence-electron chi connectivity index (χ3n) is 3.76. The molecular formula is C13H20N2O4S. The van der Waals surface area contributed by atoms with Crippen LogP contribution in [-0.4, -0.2) is 31.8 Å². The number of primary sulfonamides is 1. The Bertz CT molecular complexity index is 600. The van der Waals surface area contributed by atoms with E-state index in [0.717, 1.165) is 25.7 Å². The van der Waals surface area contributed by atoms with Gasteiger partial charge in [-0.1, -0.05) is 12.8 Å². The van der Waals surface area contributed by atoms with E-state index in [4.69, 9.17) is 9.56 Å². The lowest BCUT2D eigenvalue weighted by atomic mass is 10.2. The number of nitrogens with zero attached hydrogens (tertiary/aromatic N) is 1. The second-order valence-electron chi connectivity index (χ2n) is 5.11. The summed E-state index contributed by atoms with van der Waals surface area (Å²) in [5.41, 5.74) is 0. The van der Waals surface area contributed by atoms with Crippen LogP contribution in [0.2, 0.25) is 0 Å². The van der Waals surface area contributed by atoms with Gasteiger partial charge in [0.1, 0.15) is 10.7 Å². The first-order valence-electron chi connectivity index (χ1n) is 6.78. The van der Waals surface area contributed by atoms with Gasteiger partial charge in [0.05, 0.1) is 0 Å². The van der Waals surface area contributed by atoms with Gasteiger partial charge in [-0.15, -0.1) is 0 Å². The normalized spacial score (nSPS) is 16.6. The second-order valence-corrected chi connectivity index (χ2v) is 6.64. The molecule has 2 rings (SSSR count). The van der Waals surface area contributed by atoms with Crippen molar-refractivity contribution in [3.63, 3.8) is 0 Å². The first kappa shape index (κ1) is 15.1. The van der Waals surface area contributed by atoms with Crippen molar-refractivity contribution in [3.8, 4) is 0 Å². The zero-order chi connectivity index (χ0) is 14.9. The lowest BCUT2D eigenvalue weighted by Crippen LogP contribution is -2.38. The molecule has 112 valence electrons. The Balaban J connectivity index is 2.28. The van der Waals surface area contributed by atoms with E-state index in [1.807, 2.05) is 6.92 Å². The Labute approximate surface area is 119 Å². The van der Waals surface area contributed by atoms with Crippen LogP contribution in [0.15, 0.2) is 15.4 Å². The molecule has 1 amide bonds. The lowest BCUT2D eigenvalue weighted by Gasteiger charge is -2.26. The molecule has 20 heavy (non-hydrogen) atoms. The molecule has 0 unspecified atom stereocenters. The van der Waals surface area contributed by atoms with E-state index < -0.39 is 10.0 Å². The summed E-state index contributed by atoms with van der Waals surface area (Å²) in [6.07, 6.45) is 4.21. The number of amides is 1. The summed E-state index contributed by atoms with van der Waals surface area (Å²) in [5, 5.41) is 5.09. The molecule has 2 N–H and O–H groups in total. The van der Waals surface area contributed by atoms with Gasteiger partial charge in [-0.25, -0.2) is 13.6 Å². The molecule has 0 aromatic carbocycles. The SMILES string of the molecule is CCN(C(=O)c1cc(S(N)(=O)=O)c(C)o1)C1CCCC1. The van der Waals surface area contributed by atoms with Crippen LogP contribution in [0, 0.1) is 6.92 Å². The molecule has 1 fully saturated rings. The van der Waals surface area contributed by atoms with Crippen molar-refractivity contribution in [1.82, 2.24) is 4.90 Å². The summed E-state index contributed by atoms with van der Waals surface area (Å²) < 4.78 is 28.1. The van der Waals surface area contributed by atoms with Crippen molar-refractivity contribution >= 4 is 15.9 Å². The second kappa shape index (κ2) is 5.57. The topological polar surface area (TPSA) is 93.6 Å². The molecule has 0 spiro atoms. The summed E-state index contributed by atoms with van der Waals surface area (Å²) in [6.45, 7) is 3.98. The average Bonchev–Trinajstić information content (AvgIpc) is 2.98. The van der Waals surface area contributed by atoms with E-state index in [-0.39, 0.29) is 28.4 Å². The van der Waals surface area contributed by atoms with Gasteiger partial charge in [0.25, 0.3) is 5.91 Å². The van der Waals surface area contributed by atoms with Crippen LogP contribution in [0.1, 0.15) is 48.9 Å². The molecule has 1 aliphatic rings. The number of nitrogens with two attached hydrogens (primary N) is 1. The summed E-state index contributed by atoms with van der Waals surface area (Å²) in [4.78, 5) is 14.1. The van der Waals surface area contributed by atoms with Crippen LogP contribution < -0.4 is 5.14 Å². The van der Waals surface area contributed by atoms with Crippen LogP contribution in [0.3, 0.4) is 0 Å². The highest BCUT2D eigenvalue weighted by Gasteiger charge is 2.29. The van der Waals surface area contributed by atoms with Gasteiger partial charge in [-0.2, -0.15) is 0 Å². The van der Waals surface area contributed by atoms with E-state index in [1.165, 1.54) is 13.0 Å². The maximum absolute atomic E-state index is 12.5. The van der Waals surface area contributed by atoms with Crippen molar-refractivity contribution in [2.24, 2.45) is 5.14 Å². The van der Waals surface area contributed by atoms with Gasteiger partial charge >= 0.3 is 0 Å². The maximum atomic E-state index is 12.5. The van der Waals surface area contributed by atoms with E-state index in [2.05, 4.69) is 0 Å². The number of aryl methyl sites for hydroxylation is 1. The molecule has 1 aromatic rings. The maximum Gasteiger partial charge on any atom is 0.289 e. The fraction of sp³-hybridized carbons (Fsp3) is 0.615. The minimum Gasteiger partial charge on any atom is -0.455 e. The fourth-order valence-electron chi connectivity index (χ4n) is 2.78. The van der Waals surface area contributed by atoms with Gasteiger partial charge in [0.2, 0.25) is 10.0 Å². The Hall–Kier alpha value is -1.34. The van der Waals surface area contributed by atoms with Crippen LogP contribution in [0.25, 0.3) is 0 Å². The summed E-state index contributed by atoms with van der Waals surface area (Å²) >= 11 is 0. The number of rotatable bonds is 4. The van der Waals surface area contributed by atoms with E-state index in [0.29, 0.717) is 6.54 Å². The molecule has 7 heteroatoms. The molecule has 0 saturated heterocycles. The molecular weight excluding hydrogens is 280 g/mol. The van der Waals surface area contributed by atoms with Crippen LogP contribution in [-0.2, 0) is 10.0 Å². The van der Waals surface area contributed by atoms with Crippen LogP contribution in [0.5, 0.6) is 0 Å². The van der Waals surface area contributed by atoms with Crippen LogP contribution >= 0.6 is 0 Å². The van der Waals surface area contributed by atoms with Crippen molar-refractivity contribution < 1.29 is 17.6 Å². The minimum absolute atomic E-state index is 0.0419. The van der Waals surface area contributed by atoms with Crippen molar-refractivity contribution in [2.75, 3.05) is 6.54 Å². The van der Waals surface area contributed by atoms with Gasteiger partial charge in [0.15, 0.2) is 5.76 Å². The number of sulfonamides is 1. The van der Waals surface area contributed by atoms with Crippen LogP contribution in [0.4, 0.5) is 0 Å². The number of hydrogen-bond acceptors (Lipinski definition) is 4. The van der Waals surface area contributed by atoms with Gasteiger partial charge in [-0.3, -0.25) is 4.79 Å². The standard InChI is InChI=1S/C13H20N2O4S/c1-3-15(10-6-4-5-7-10)13(16)11-8-12(9(2)19-11)20(14,17)18/h8,10H,3-7H2,1-2H3,(H2,14,17,18). The van der Waals surface area contributed by atoms with Crippen molar-refractivity contribution in [2.45, 2.75) is 50.5 Å². The predicted octanol–water partition coefficient (Wildman–Crippen LogP) is 1.64. The lowest BCUT2D eigenvalue weighted by molar-refractivity contribution is 0.0659. The highest BCUT2D eigenvalue weighted by atomic mass is 32.2. The Morgan fingerprint density at radius 1 is 1.45 bits per heavy atom. The zero-order valence-electron chi connectivity index (χ0n) is 11.8. The van der Waals surface area contributed by atoms with Gasteiger partial charge in [-0.05, 0) is 26.7 Å². The molecule has 0 radical (unpaired) electrons. The Morgan fingerprint density at radius 2 is 2.05 bits per heavy atom. The molecule has 1 heterocycles. The first-order valence-corrected chi connectivity index (χ1v) is 8.33. The number of furan rings is 1.